The molecule has 0 aliphatic carbocycles. The van der Waals surface area contributed by atoms with E-state index in [0.29, 0.717) is 6.61 Å². The van der Waals surface area contributed by atoms with Gasteiger partial charge in [-0.15, -0.1) is 0 Å². The minimum absolute atomic E-state index is 0.251. The van der Waals surface area contributed by atoms with Crippen LogP contribution in [0.25, 0.3) is 0 Å². The zero-order chi connectivity index (χ0) is 13.8. The third-order valence-corrected chi connectivity index (χ3v) is 3.01. The lowest BCUT2D eigenvalue weighted by atomic mass is 10.1. The highest BCUT2D eigenvalue weighted by atomic mass is 16.5. The second-order valence-electron chi connectivity index (χ2n) is 4.66. The van der Waals surface area contributed by atoms with Crippen LogP contribution in [0, 0.1) is 6.92 Å². The van der Waals surface area contributed by atoms with Crippen LogP contribution in [0.1, 0.15) is 29.7 Å². The Morgan fingerprint density at radius 2 is 1.79 bits per heavy atom. The first-order valence-corrected chi connectivity index (χ1v) is 6.25. The molecule has 0 aromatic heterocycles. The Kier molecular flexibility index (Phi) is 4.07. The first-order chi connectivity index (χ1) is 9.06. The molecule has 0 radical (unpaired) electrons. The third kappa shape index (κ3) is 3.48. The van der Waals surface area contributed by atoms with E-state index in [1.807, 2.05) is 37.3 Å². The first kappa shape index (κ1) is 13.4. The molecular formula is C16H18O3. The largest absolute Gasteiger partial charge is 0.508 e. The van der Waals surface area contributed by atoms with E-state index >= 15 is 0 Å². The molecule has 0 fully saturated rings. The fourth-order valence-corrected chi connectivity index (χ4v) is 1.85. The summed E-state index contributed by atoms with van der Waals surface area (Å²) in [4.78, 5) is 0. The lowest BCUT2D eigenvalue weighted by Crippen LogP contribution is -1.98. The zero-order valence-corrected chi connectivity index (χ0v) is 11.1. The van der Waals surface area contributed by atoms with Gasteiger partial charge >= 0.3 is 0 Å². The van der Waals surface area contributed by atoms with Crippen LogP contribution >= 0.6 is 0 Å². The van der Waals surface area contributed by atoms with Gasteiger partial charge in [0, 0.05) is 0 Å². The standard InChI is InChI=1S/C16H18O3/c1-11-9-14(12(2)17)5-8-16(11)19-10-13-3-6-15(18)7-4-13/h3-9,12,17-18H,10H2,1-2H3/t12-/m1/s1. The van der Waals surface area contributed by atoms with Gasteiger partial charge in [-0.25, -0.2) is 0 Å². The number of aromatic hydroxyl groups is 1. The van der Waals surface area contributed by atoms with Gasteiger partial charge < -0.3 is 14.9 Å². The van der Waals surface area contributed by atoms with E-state index in [2.05, 4.69) is 0 Å². The smallest absolute Gasteiger partial charge is 0.122 e. The van der Waals surface area contributed by atoms with Crippen LogP contribution in [0.4, 0.5) is 0 Å². The highest BCUT2D eigenvalue weighted by Gasteiger charge is 2.05. The highest BCUT2D eigenvalue weighted by molar-refractivity contribution is 5.37. The molecule has 2 rings (SSSR count). The Balaban J connectivity index is 2.05. The van der Waals surface area contributed by atoms with Crippen LogP contribution in [0.3, 0.4) is 0 Å². The molecule has 100 valence electrons. The molecule has 1 atom stereocenters. The summed E-state index contributed by atoms with van der Waals surface area (Å²) in [5.41, 5.74) is 2.88. The van der Waals surface area contributed by atoms with Crippen molar-refractivity contribution < 1.29 is 14.9 Å². The highest BCUT2D eigenvalue weighted by Crippen LogP contribution is 2.23. The number of benzene rings is 2. The van der Waals surface area contributed by atoms with Gasteiger partial charge in [0.15, 0.2) is 0 Å². The van der Waals surface area contributed by atoms with Crippen LogP contribution in [-0.4, -0.2) is 10.2 Å². The van der Waals surface area contributed by atoms with Crippen LogP contribution < -0.4 is 4.74 Å². The molecule has 2 aromatic carbocycles. The number of phenolic OH excluding ortho intramolecular Hbond substituents is 1. The first-order valence-electron chi connectivity index (χ1n) is 6.25. The van der Waals surface area contributed by atoms with Gasteiger partial charge in [-0.05, 0) is 54.8 Å². The number of aryl methyl sites for hydroxylation is 1. The summed E-state index contributed by atoms with van der Waals surface area (Å²) in [6, 6.07) is 12.6. The van der Waals surface area contributed by atoms with E-state index in [-0.39, 0.29) is 5.75 Å². The molecule has 0 aliphatic heterocycles. The molecule has 0 amide bonds. The summed E-state index contributed by atoms with van der Waals surface area (Å²) in [7, 11) is 0. The van der Waals surface area contributed by atoms with Gasteiger partial charge in [0.2, 0.25) is 0 Å². The van der Waals surface area contributed by atoms with Crippen LogP contribution in [0.15, 0.2) is 42.5 Å². The summed E-state index contributed by atoms with van der Waals surface area (Å²) in [6.07, 6.45) is -0.468. The summed E-state index contributed by atoms with van der Waals surface area (Å²) < 4.78 is 5.73. The number of aliphatic hydroxyl groups is 1. The summed E-state index contributed by atoms with van der Waals surface area (Å²) in [5, 5.41) is 18.7. The number of ether oxygens (including phenoxy) is 1. The van der Waals surface area contributed by atoms with Crippen molar-refractivity contribution in [1.29, 1.82) is 0 Å². The molecule has 2 N–H and O–H groups in total. The minimum atomic E-state index is -0.468. The third-order valence-electron chi connectivity index (χ3n) is 3.01. The van der Waals surface area contributed by atoms with Crippen LogP contribution in [-0.2, 0) is 6.61 Å². The number of aliphatic hydroxyl groups excluding tert-OH is 1. The monoisotopic (exact) mass is 258 g/mol. The molecule has 3 heteroatoms. The van der Waals surface area contributed by atoms with Crippen molar-refractivity contribution in [3.63, 3.8) is 0 Å². The summed E-state index contributed by atoms with van der Waals surface area (Å²) >= 11 is 0. The molecule has 2 aromatic rings. The predicted molar refractivity (Wildman–Crippen MR) is 74.3 cm³/mol. The Bertz CT molecular complexity index is 544. The molecule has 3 nitrogen and oxygen atoms in total. The van der Waals surface area contributed by atoms with Gasteiger partial charge in [-0.2, -0.15) is 0 Å². The van der Waals surface area contributed by atoms with Crippen molar-refractivity contribution in [2.75, 3.05) is 0 Å². The Morgan fingerprint density at radius 3 is 2.37 bits per heavy atom. The number of rotatable bonds is 4. The van der Waals surface area contributed by atoms with Gasteiger partial charge in [-0.1, -0.05) is 18.2 Å². The molecule has 0 saturated carbocycles. The fourth-order valence-electron chi connectivity index (χ4n) is 1.85. The molecular weight excluding hydrogens is 240 g/mol. The van der Waals surface area contributed by atoms with E-state index in [0.717, 1.165) is 22.4 Å². The number of phenols is 1. The van der Waals surface area contributed by atoms with Crippen molar-refractivity contribution in [2.45, 2.75) is 26.6 Å². The van der Waals surface area contributed by atoms with Gasteiger partial charge in [0.05, 0.1) is 6.10 Å². The Morgan fingerprint density at radius 1 is 1.11 bits per heavy atom. The molecule has 0 aliphatic rings. The average molecular weight is 258 g/mol. The summed E-state index contributed by atoms with van der Waals surface area (Å²) in [5.74, 6) is 1.05. The maximum absolute atomic E-state index is 9.51. The Hall–Kier alpha value is -2.00. The SMILES string of the molecule is Cc1cc([C@@H](C)O)ccc1OCc1ccc(O)cc1. The van der Waals surface area contributed by atoms with Gasteiger partial charge in [0.25, 0.3) is 0 Å². The van der Waals surface area contributed by atoms with Crippen LogP contribution in [0.2, 0.25) is 0 Å². The molecule has 19 heavy (non-hydrogen) atoms. The van der Waals surface area contributed by atoms with E-state index in [1.165, 1.54) is 0 Å². The van der Waals surface area contributed by atoms with E-state index in [1.54, 1.807) is 19.1 Å². The van der Waals surface area contributed by atoms with Crippen molar-refractivity contribution in [1.82, 2.24) is 0 Å². The van der Waals surface area contributed by atoms with E-state index in [9.17, 15) is 10.2 Å². The maximum Gasteiger partial charge on any atom is 0.122 e. The quantitative estimate of drug-likeness (QED) is 0.884. The normalized spacial score (nSPS) is 12.2. The van der Waals surface area contributed by atoms with Crippen molar-refractivity contribution in [3.8, 4) is 11.5 Å². The molecule has 0 spiro atoms. The molecule has 0 heterocycles. The lowest BCUT2D eigenvalue weighted by Gasteiger charge is -2.12. The van der Waals surface area contributed by atoms with Gasteiger partial charge in [-0.3, -0.25) is 0 Å². The molecule has 0 unspecified atom stereocenters. The number of hydrogen-bond acceptors (Lipinski definition) is 3. The molecule has 0 bridgehead atoms. The zero-order valence-electron chi connectivity index (χ0n) is 11.1. The minimum Gasteiger partial charge on any atom is -0.508 e. The van der Waals surface area contributed by atoms with Crippen molar-refractivity contribution in [3.05, 3.63) is 59.2 Å². The molecule has 0 saturated heterocycles. The Labute approximate surface area is 113 Å². The predicted octanol–water partition coefficient (Wildman–Crippen LogP) is 3.33. The summed E-state index contributed by atoms with van der Waals surface area (Å²) in [6.45, 7) is 4.15. The van der Waals surface area contributed by atoms with Crippen molar-refractivity contribution >= 4 is 0 Å². The fraction of sp³-hybridized carbons (Fsp3) is 0.250. The van der Waals surface area contributed by atoms with E-state index < -0.39 is 6.10 Å². The van der Waals surface area contributed by atoms with Crippen LogP contribution in [0.5, 0.6) is 11.5 Å². The number of hydrogen-bond donors (Lipinski definition) is 2. The second kappa shape index (κ2) is 5.76. The van der Waals surface area contributed by atoms with E-state index in [4.69, 9.17) is 4.74 Å². The topological polar surface area (TPSA) is 49.7 Å². The van der Waals surface area contributed by atoms with Gasteiger partial charge in [0.1, 0.15) is 18.1 Å². The maximum atomic E-state index is 9.51. The van der Waals surface area contributed by atoms with Crippen molar-refractivity contribution in [2.24, 2.45) is 0 Å². The average Bonchev–Trinajstić information content (AvgIpc) is 2.39. The lowest BCUT2D eigenvalue weighted by molar-refractivity contribution is 0.199. The second-order valence-corrected chi connectivity index (χ2v) is 4.66.